The van der Waals surface area contributed by atoms with Crippen LogP contribution in [0.25, 0.3) is 21.8 Å². The highest BCUT2D eigenvalue weighted by molar-refractivity contribution is 14.1. The van der Waals surface area contributed by atoms with Crippen LogP contribution >= 0.6 is 45.2 Å². The molecule has 4 aromatic rings. The number of hydrogen-bond donors (Lipinski definition) is 0. The van der Waals surface area contributed by atoms with E-state index in [1.54, 1.807) is 0 Å². The van der Waals surface area contributed by atoms with E-state index in [4.69, 9.17) is 0 Å². The molecule has 4 rings (SSSR count). The predicted octanol–water partition coefficient (Wildman–Crippen LogP) is 8.42. The Bertz CT molecular complexity index is 1140. The number of benzene rings is 2. The Labute approximate surface area is 232 Å². The maximum absolute atomic E-state index is 2.64. The summed E-state index contributed by atoms with van der Waals surface area (Å²) in [6.45, 7) is 0. The van der Waals surface area contributed by atoms with Gasteiger partial charge in [-0.05, 0) is 37.1 Å². The molecule has 2 nitrogen and oxygen atoms in total. The molecule has 2 aromatic heterocycles. The first kappa shape index (κ1) is 25.8. The van der Waals surface area contributed by atoms with Crippen LogP contribution in [-0.4, -0.2) is 0 Å². The van der Waals surface area contributed by atoms with Crippen LogP contribution in [0.2, 0.25) is 0 Å². The molecule has 34 heavy (non-hydrogen) atoms. The zero-order chi connectivity index (χ0) is 23.9. The summed E-state index contributed by atoms with van der Waals surface area (Å²) < 4.78 is 5.91. The van der Waals surface area contributed by atoms with E-state index in [0.29, 0.717) is 7.85 Å². The van der Waals surface area contributed by atoms with E-state index in [2.05, 4.69) is 141 Å². The van der Waals surface area contributed by atoms with Gasteiger partial charge < -0.3 is 0 Å². The molecule has 178 valence electrons. The van der Waals surface area contributed by atoms with Gasteiger partial charge in [0, 0.05) is 35.0 Å². The summed E-state index contributed by atoms with van der Waals surface area (Å²) in [6, 6.07) is 26.5. The highest BCUT2D eigenvalue weighted by Crippen LogP contribution is 2.30. The molecule has 4 heteroatoms. The fourth-order valence-corrected chi connectivity index (χ4v) is 7.13. The molecule has 0 amide bonds. The minimum atomic E-state index is 0.578. The number of unbranched alkanes of at least 4 members (excludes halogenated alkanes) is 5. The third-order valence-corrected chi connectivity index (χ3v) is 9.57. The van der Waals surface area contributed by atoms with Gasteiger partial charge in [-0.15, -0.1) is 0 Å². The van der Waals surface area contributed by atoms with Crippen molar-refractivity contribution in [3.63, 3.8) is 0 Å². The molecule has 0 aliphatic carbocycles. The lowest BCUT2D eigenvalue weighted by Crippen LogP contribution is -2.35. The zero-order valence-electron chi connectivity index (χ0n) is 20.4. The fraction of sp³-hybridized carbons (Fsp3) is 0.400. The number of halogens is 2. The van der Waals surface area contributed by atoms with Crippen molar-refractivity contribution in [3.05, 3.63) is 84.2 Å². The Balaban J connectivity index is 1.15. The molecule has 0 saturated carbocycles. The Morgan fingerprint density at radius 1 is 0.529 bits per heavy atom. The average molecular weight is 678 g/mol. The Morgan fingerprint density at radius 2 is 0.912 bits per heavy atom. The van der Waals surface area contributed by atoms with Gasteiger partial charge in [0.1, 0.15) is 14.1 Å². The predicted molar refractivity (Wildman–Crippen MR) is 161 cm³/mol. The molecule has 2 heterocycles. The van der Waals surface area contributed by atoms with E-state index in [-0.39, 0.29) is 0 Å². The Hall–Kier alpha value is -1.28. The smallest absolute Gasteiger partial charge is 0.197 e. The van der Waals surface area contributed by atoms with Crippen molar-refractivity contribution in [1.82, 2.24) is 0 Å². The largest absolute Gasteiger partial charge is 0.212 e. The molecule has 0 radical (unpaired) electrons. The minimum Gasteiger partial charge on any atom is -0.197 e. The van der Waals surface area contributed by atoms with Crippen LogP contribution in [0.3, 0.4) is 0 Å². The van der Waals surface area contributed by atoms with Crippen molar-refractivity contribution in [3.8, 4) is 0 Å². The van der Waals surface area contributed by atoms with E-state index in [0.717, 1.165) is 0 Å². The molecule has 0 N–H and O–H groups in total. The number of para-hydroxylation sites is 2. The van der Waals surface area contributed by atoms with Crippen LogP contribution in [0.5, 0.6) is 0 Å². The number of fused-ring (bicyclic) bond motifs is 2. The number of rotatable bonds is 11. The monoisotopic (exact) mass is 678 g/mol. The number of hydrogen-bond acceptors (Lipinski definition) is 0. The third-order valence-electron chi connectivity index (χ3n) is 7.05. The maximum atomic E-state index is 2.64. The molecule has 2 unspecified atom stereocenters. The van der Waals surface area contributed by atoms with Crippen molar-refractivity contribution in [2.24, 2.45) is 14.1 Å². The fourth-order valence-electron chi connectivity index (χ4n) is 5.00. The first-order chi connectivity index (χ1) is 16.6. The Morgan fingerprint density at radius 3 is 1.35 bits per heavy atom. The summed E-state index contributed by atoms with van der Waals surface area (Å²) in [6.07, 6.45) is 10.6. The van der Waals surface area contributed by atoms with Gasteiger partial charge in [-0.1, -0.05) is 108 Å². The van der Waals surface area contributed by atoms with E-state index >= 15 is 0 Å². The first-order valence-corrected chi connectivity index (χ1v) is 15.1. The molecule has 0 saturated heterocycles. The lowest BCUT2D eigenvalue weighted by molar-refractivity contribution is -0.652. The van der Waals surface area contributed by atoms with Crippen LogP contribution in [0.15, 0.2) is 72.8 Å². The highest BCUT2D eigenvalue weighted by Gasteiger charge is 2.20. The molecule has 0 aliphatic rings. The Kier molecular flexibility index (Phi) is 9.57. The van der Waals surface area contributed by atoms with Crippen LogP contribution in [-0.2, 0) is 14.1 Å². The van der Waals surface area contributed by atoms with Crippen molar-refractivity contribution in [2.75, 3.05) is 0 Å². The van der Waals surface area contributed by atoms with E-state index in [1.165, 1.54) is 84.6 Å². The summed E-state index contributed by atoms with van der Waals surface area (Å²) in [5.74, 6) is 0. The maximum Gasteiger partial charge on any atom is 0.212 e. The molecule has 0 bridgehead atoms. The van der Waals surface area contributed by atoms with Gasteiger partial charge in [0.15, 0.2) is 11.4 Å². The van der Waals surface area contributed by atoms with Gasteiger partial charge in [-0.2, -0.15) is 9.13 Å². The van der Waals surface area contributed by atoms with Gasteiger partial charge in [0.25, 0.3) is 0 Å². The summed E-state index contributed by atoms with van der Waals surface area (Å²) in [5.41, 5.74) is 5.53. The first-order valence-electron chi connectivity index (χ1n) is 12.6. The van der Waals surface area contributed by atoms with Crippen LogP contribution in [0, 0.1) is 0 Å². The molecule has 0 aliphatic heterocycles. The normalized spacial score (nSPS) is 13.4. The number of aryl methyl sites for hydroxylation is 2. The van der Waals surface area contributed by atoms with E-state index < -0.39 is 0 Å². The molecule has 2 atom stereocenters. The SMILES string of the molecule is C[n+]1c(C(I)CCCCCCCCC(I)c2ccc3ccccc3[n+]2C)ccc2ccccc21. The lowest BCUT2D eigenvalue weighted by Gasteiger charge is -2.10. The number of aromatic nitrogens is 2. The number of pyridine rings is 2. The van der Waals surface area contributed by atoms with Gasteiger partial charge in [0.05, 0.1) is 7.85 Å². The van der Waals surface area contributed by atoms with E-state index in [9.17, 15) is 0 Å². The molecular formula is C30H36I2N2+2. The summed E-state index contributed by atoms with van der Waals surface area (Å²) in [5, 5.41) is 2.64. The van der Waals surface area contributed by atoms with Gasteiger partial charge in [0.2, 0.25) is 11.0 Å². The summed E-state index contributed by atoms with van der Waals surface area (Å²) in [7, 11) is 4.42. The quantitative estimate of drug-likeness (QED) is 0.0652. The topological polar surface area (TPSA) is 7.76 Å². The van der Waals surface area contributed by atoms with Gasteiger partial charge >= 0.3 is 0 Å². The standard InChI is InChI=1S/C30H36I2N2/c1-33-27-17-11-9-13-23(27)19-21-29(33)25(31)15-7-5-3-4-6-8-16-26(32)30-22-20-24-14-10-12-18-28(24)34(30)2/h9-14,17-22,25-26H,3-8,15-16H2,1-2H3/q+2. The highest BCUT2D eigenvalue weighted by atomic mass is 127. The average Bonchev–Trinajstić information content (AvgIpc) is 2.86. The molecule has 0 fully saturated rings. The van der Waals surface area contributed by atoms with Gasteiger partial charge in [-0.3, -0.25) is 0 Å². The second kappa shape index (κ2) is 12.6. The van der Waals surface area contributed by atoms with Crippen molar-refractivity contribution >= 4 is 67.0 Å². The van der Waals surface area contributed by atoms with Crippen molar-refractivity contribution in [2.45, 2.75) is 59.2 Å². The van der Waals surface area contributed by atoms with Gasteiger partial charge in [-0.25, -0.2) is 0 Å². The summed E-state index contributed by atoms with van der Waals surface area (Å²) in [4.78, 5) is 0. The third kappa shape index (κ3) is 6.28. The lowest BCUT2D eigenvalue weighted by atomic mass is 10.0. The second-order valence-electron chi connectivity index (χ2n) is 9.39. The van der Waals surface area contributed by atoms with Crippen molar-refractivity contribution < 1.29 is 9.13 Å². The van der Waals surface area contributed by atoms with Crippen molar-refractivity contribution in [1.29, 1.82) is 0 Å². The molecule has 0 spiro atoms. The van der Waals surface area contributed by atoms with Crippen LogP contribution in [0.1, 0.15) is 70.6 Å². The zero-order valence-corrected chi connectivity index (χ0v) is 24.7. The summed E-state index contributed by atoms with van der Waals surface area (Å²) >= 11 is 5.27. The number of alkyl halides is 2. The molecule has 2 aromatic carbocycles. The minimum absolute atomic E-state index is 0.578. The van der Waals surface area contributed by atoms with Crippen LogP contribution < -0.4 is 9.13 Å². The van der Waals surface area contributed by atoms with E-state index in [1.807, 2.05) is 0 Å². The molecular weight excluding hydrogens is 642 g/mol. The van der Waals surface area contributed by atoms with Crippen LogP contribution in [0.4, 0.5) is 0 Å². The second-order valence-corrected chi connectivity index (χ2v) is 12.4. The number of nitrogens with zero attached hydrogens (tertiary/aromatic N) is 2.